The van der Waals surface area contributed by atoms with E-state index in [1.807, 2.05) is 19.1 Å². The summed E-state index contributed by atoms with van der Waals surface area (Å²) in [5.74, 6) is -0.729. The largest absolute Gasteiger partial charge is 0.492 e. The molecule has 2 heterocycles. The number of hydrogen-bond donors (Lipinski definition) is 6. The molecule has 248 valence electrons. The number of aliphatic carboxylic acids is 2. The first kappa shape index (κ1) is 36.7. The highest BCUT2D eigenvalue weighted by atomic mass is 16.5. The molecule has 0 aliphatic heterocycles. The van der Waals surface area contributed by atoms with Crippen LogP contribution in [-0.2, 0) is 47.2 Å². The quantitative estimate of drug-likeness (QED) is 0.0706. The second-order valence-electron chi connectivity index (χ2n) is 10.3. The van der Waals surface area contributed by atoms with E-state index in [0.717, 1.165) is 24.1 Å². The number of nitrogens with zero attached hydrogens (tertiary/aromatic N) is 4. The molecule has 2 aromatic heterocycles. The fourth-order valence-electron chi connectivity index (χ4n) is 4.54. The Balaban J connectivity index is 0.000000498. The zero-order chi connectivity index (χ0) is 33.5. The number of nitrogens with two attached hydrogens (primary N) is 2. The van der Waals surface area contributed by atoms with E-state index in [9.17, 15) is 19.5 Å². The number of nitrogens with one attached hydrogen (secondary N) is 2. The van der Waals surface area contributed by atoms with E-state index in [0.29, 0.717) is 68.2 Å². The molecule has 0 saturated carbocycles. The number of aryl methyl sites for hydroxylation is 3. The summed E-state index contributed by atoms with van der Waals surface area (Å²) < 4.78 is 14.4. The van der Waals surface area contributed by atoms with E-state index in [2.05, 4.69) is 17.3 Å². The fraction of sp³-hybridized carbons (Fsp3) is 0.533. The molecule has 0 saturated heterocycles. The SMILES string of the molecule is CCCc1nn(C)c2c(=O)n(CCOc3ccc(CC(OCC)C(=O)O)cc3)c(CC)nc12.N=C(N)NCCC[C@H](N)C(=O)O. The number of guanidine groups is 1. The van der Waals surface area contributed by atoms with Gasteiger partial charge in [-0.3, -0.25) is 24.2 Å². The van der Waals surface area contributed by atoms with E-state index in [1.54, 1.807) is 35.4 Å². The van der Waals surface area contributed by atoms with Gasteiger partial charge in [0.2, 0.25) is 0 Å². The fourth-order valence-corrected chi connectivity index (χ4v) is 4.54. The minimum absolute atomic E-state index is 0.108. The first-order valence-electron chi connectivity index (χ1n) is 15.0. The van der Waals surface area contributed by atoms with Crippen LogP contribution in [0.15, 0.2) is 29.1 Å². The maximum absolute atomic E-state index is 13.2. The third-order valence-electron chi connectivity index (χ3n) is 6.79. The van der Waals surface area contributed by atoms with Gasteiger partial charge in [-0.25, -0.2) is 9.78 Å². The van der Waals surface area contributed by atoms with Gasteiger partial charge in [0.25, 0.3) is 5.56 Å². The normalized spacial score (nSPS) is 12.2. The Hall–Kier alpha value is -4.50. The van der Waals surface area contributed by atoms with Crippen LogP contribution in [0.5, 0.6) is 5.75 Å². The summed E-state index contributed by atoms with van der Waals surface area (Å²) in [5.41, 5.74) is 13.0. The summed E-state index contributed by atoms with van der Waals surface area (Å²) in [6, 6.07) is 6.42. The van der Waals surface area contributed by atoms with Crippen molar-refractivity contribution < 1.29 is 29.3 Å². The molecule has 0 bridgehead atoms. The van der Waals surface area contributed by atoms with Crippen LogP contribution in [-0.4, -0.2) is 79.3 Å². The third-order valence-corrected chi connectivity index (χ3v) is 6.79. The molecule has 15 nitrogen and oxygen atoms in total. The molecule has 3 aromatic rings. The number of carbonyl (C=O) groups is 2. The Kier molecular flexibility index (Phi) is 15.0. The van der Waals surface area contributed by atoms with E-state index in [1.165, 1.54) is 0 Å². The van der Waals surface area contributed by atoms with Crippen LogP contribution in [0.1, 0.15) is 57.1 Å². The molecule has 0 aliphatic carbocycles. The highest BCUT2D eigenvalue weighted by molar-refractivity contribution is 5.77. The van der Waals surface area contributed by atoms with Gasteiger partial charge in [0, 0.05) is 33.0 Å². The first-order chi connectivity index (χ1) is 21.4. The molecule has 0 fully saturated rings. The summed E-state index contributed by atoms with van der Waals surface area (Å²) in [7, 11) is 1.78. The number of hydrogen-bond acceptors (Lipinski definition) is 9. The highest BCUT2D eigenvalue weighted by Gasteiger charge is 2.19. The van der Waals surface area contributed by atoms with Crippen molar-refractivity contribution in [3.8, 4) is 5.75 Å². The van der Waals surface area contributed by atoms with Crippen LogP contribution >= 0.6 is 0 Å². The summed E-state index contributed by atoms with van der Waals surface area (Å²) in [4.78, 5) is 39.4. The summed E-state index contributed by atoms with van der Waals surface area (Å²) in [5, 5.41) is 31.4. The summed E-state index contributed by atoms with van der Waals surface area (Å²) >= 11 is 0. The van der Waals surface area contributed by atoms with Gasteiger partial charge in [-0.2, -0.15) is 5.10 Å². The van der Waals surface area contributed by atoms with Gasteiger partial charge in [-0.05, 0) is 43.9 Å². The van der Waals surface area contributed by atoms with Crippen LogP contribution in [0.3, 0.4) is 0 Å². The zero-order valence-corrected chi connectivity index (χ0v) is 26.4. The number of fused-ring (bicyclic) bond motifs is 1. The van der Waals surface area contributed by atoms with Gasteiger partial charge in [0.05, 0.1) is 12.2 Å². The van der Waals surface area contributed by atoms with E-state index in [4.69, 9.17) is 36.4 Å². The Morgan fingerprint density at radius 3 is 2.38 bits per heavy atom. The van der Waals surface area contributed by atoms with Crippen molar-refractivity contribution in [2.24, 2.45) is 18.5 Å². The van der Waals surface area contributed by atoms with E-state index in [-0.39, 0.29) is 17.9 Å². The van der Waals surface area contributed by atoms with Crippen LogP contribution in [0.2, 0.25) is 0 Å². The molecule has 15 heteroatoms. The lowest BCUT2D eigenvalue weighted by Gasteiger charge is -2.14. The molecule has 0 radical (unpaired) electrons. The molecule has 0 spiro atoms. The molecular weight excluding hydrogens is 584 g/mol. The van der Waals surface area contributed by atoms with Gasteiger partial charge < -0.3 is 36.5 Å². The van der Waals surface area contributed by atoms with Gasteiger partial charge in [0.1, 0.15) is 29.7 Å². The van der Waals surface area contributed by atoms with E-state index >= 15 is 0 Å². The van der Waals surface area contributed by atoms with Crippen molar-refractivity contribution in [2.75, 3.05) is 19.8 Å². The standard InChI is InChI=1S/C24H32N4O5.C6H14N4O2/c1-5-8-18-21-22(27(4)26-18)23(29)28(20(6-2)25-21)13-14-33-17-11-9-16(10-12-17)15-19(24(30)31)32-7-3;7-4(5(11)12)2-1-3-10-6(8)9/h9-12,19H,5-8,13-15H2,1-4H3,(H,30,31);4H,1-3,7H2,(H,11,12)(H4,8,9,10)/t;4-/m.0/s1. The average molecular weight is 631 g/mol. The number of carboxylic acid groups (broad SMARTS) is 2. The monoisotopic (exact) mass is 630 g/mol. The van der Waals surface area contributed by atoms with Crippen molar-refractivity contribution in [1.29, 1.82) is 5.41 Å². The smallest absolute Gasteiger partial charge is 0.333 e. The van der Waals surface area contributed by atoms with Crippen LogP contribution in [0.4, 0.5) is 0 Å². The average Bonchev–Trinajstić information content (AvgIpc) is 3.31. The van der Waals surface area contributed by atoms with Gasteiger partial charge >= 0.3 is 11.9 Å². The van der Waals surface area contributed by atoms with Crippen molar-refractivity contribution >= 4 is 28.9 Å². The molecule has 0 aliphatic rings. The molecule has 8 N–H and O–H groups in total. The molecular formula is C30H46N8O7. The topological polar surface area (TPSA) is 234 Å². The maximum atomic E-state index is 13.2. The molecule has 0 amide bonds. The number of rotatable bonds is 17. The van der Waals surface area contributed by atoms with Gasteiger partial charge in [0.15, 0.2) is 17.6 Å². The maximum Gasteiger partial charge on any atom is 0.333 e. The van der Waals surface area contributed by atoms with E-state index < -0.39 is 24.1 Å². The van der Waals surface area contributed by atoms with Crippen molar-refractivity contribution in [3.63, 3.8) is 0 Å². The lowest BCUT2D eigenvalue weighted by atomic mass is 10.1. The lowest BCUT2D eigenvalue weighted by Crippen LogP contribution is -2.34. The van der Waals surface area contributed by atoms with Crippen molar-refractivity contribution in [3.05, 3.63) is 51.7 Å². The Bertz CT molecular complexity index is 1470. The Morgan fingerprint density at radius 1 is 1.13 bits per heavy atom. The zero-order valence-electron chi connectivity index (χ0n) is 26.4. The molecule has 45 heavy (non-hydrogen) atoms. The van der Waals surface area contributed by atoms with Crippen LogP contribution in [0.25, 0.3) is 11.0 Å². The first-order valence-corrected chi connectivity index (χ1v) is 15.0. The number of aromatic nitrogens is 4. The van der Waals surface area contributed by atoms with Crippen LogP contribution in [0, 0.1) is 5.41 Å². The highest BCUT2D eigenvalue weighted by Crippen LogP contribution is 2.17. The predicted octanol–water partition coefficient (Wildman–Crippen LogP) is 1.42. The Morgan fingerprint density at radius 2 is 1.82 bits per heavy atom. The molecule has 2 atom stereocenters. The van der Waals surface area contributed by atoms with Crippen LogP contribution < -0.4 is 27.1 Å². The second-order valence-corrected chi connectivity index (χ2v) is 10.3. The lowest BCUT2D eigenvalue weighted by molar-refractivity contribution is -0.150. The number of ether oxygens (including phenoxy) is 2. The third kappa shape index (κ3) is 11.2. The Labute approximate surface area is 262 Å². The molecule has 1 aromatic carbocycles. The van der Waals surface area contributed by atoms with Gasteiger partial charge in [-0.1, -0.05) is 32.4 Å². The summed E-state index contributed by atoms with van der Waals surface area (Å²) in [6.45, 7) is 7.32. The minimum atomic E-state index is -1.00. The predicted molar refractivity (Wildman–Crippen MR) is 170 cm³/mol. The molecule has 3 rings (SSSR count). The number of carboxylic acids is 2. The van der Waals surface area contributed by atoms with Crippen molar-refractivity contribution in [2.45, 2.75) is 78.0 Å². The molecule has 1 unspecified atom stereocenters. The van der Waals surface area contributed by atoms with Crippen molar-refractivity contribution in [1.82, 2.24) is 24.6 Å². The minimum Gasteiger partial charge on any atom is -0.492 e. The summed E-state index contributed by atoms with van der Waals surface area (Å²) in [6.07, 6.45) is 2.75. The van der Waals surface area contributed by atoms with Gasteiger partial charge in [-0.15, -0.1) is 0 Å². The second kappa shape index (κ2) is 18.3. The number of benzene rings is 1.